The second-order valence-electron chi connectivity index (χ2n) is 4.70. The fraction of sp³-hybridized carbons (Fsp3) is 0.545. The minimum atomic E-state index is -0.355. The van der Waals surface area contributed by atoms with Crippen molar-refractivity contribution in [2.24, 2.45) is 0 Å². The smallest absolute Gasteiger partial charge is 0.400 e. The minimum absolute atomic E-state index is 0.311. The van der Waals surface area contributed by atoms with E-state index in [1.807, 2.05) is 27.7 Å². The summed E-state index contributed by atoms with van der Waals surface area (Å²) in [4.78, 5) is 0. The van der Waals surface area contributed by atoms with E-state index in [4.69, 9.17) is 14.7 Å². The molecule has 1 heterocycles. The molecule has 4 heteroatoms. The molecule has 1 N–H and O–H groups in total. The maximum Gasteiger partial charge on any atom is 0.487 e. The highest BCUT2D eigenvalue weighted by Crippen LogP contribution is 2.36. The van der Waals surface area contributed by atoms with E-state index in [0.29, 0.717) is 5.57 Å². The Morgan fingerprint density at radius 3 is 2.07 bits per heavy atom. The van der Waals surface area contributed by atoms with E-state index in [-0.39, 0.29) is 18.3 Å². The Hall–Kier alpha value is -0.865. The molecule has 1 fully saturated rings. The largest absolute Gasteiger partial charge is 0.487 e. The first-order valence-corrected chi connectivity index (χ1v) is 5.02. The average molecular weight is 207 g/mol. The number of allylic oxidation sites excluding steroid dienone is 2. The molecule has 0 aromatic heterocycles. The first-order chi connectivity index (χ1) is 6.78. The predicted octanol–water partition coefficient (Wildman–Crippen LogP) is 2.38. The first-order valence-electron chi connectivity index (χ1n) is 5.02. The number of nitrogens with one attached hydrogen (secondary N) is 1. The lowest BCUT2D eigenvalue weighted by molar-refractivity contribution is 0.00578. The van der Waals surface area contributed by atoms with Crippen LogP contribution in [0.15, 0.2) is 24.2 Å². The van der Waals surface area contributed by atoms with Crippen LogP contribution in [0, 0.1) is 5.41 Å². The van der Waals surface area contributed by atoms with Gasteiger partial charge in [-0.15, -0.1) is 0 Å². The van der Waals surface area contributed by atoms with Crippen LogP contribution in [0.2, 0.25) is 0 Å². The molecule has 1 aliphatic rings. The van der Waals surface area contributed by atoms with Crippen molar-refractivity contribution < 1.29 is 9.31 Å². The average Bonchev–Trinajstić information content (AvgIpc) is 2.31. The van der Waals surface area contributed by atoms with Crippen molar-refractivity contribution in [1.82, 2.24) is 0 Å². The van der Waals surface area contributed by atoms with E-state index in [9.17, 15) is 0 Å². The van der Waals surface area contributed by atoms with E-state index >= 15 is 0 Å². The summed E-state index contributed by atoms with van der Waals surface area (Å²) in [6.07, 6.45) is 2.93. The zero-order valence-corrected chi connectivity index (χ0v) is 9.83. The van der Waals surface area contributed by atoms with Crippen molar-refractivity contribution in [2.45, 2.75) is 38.9 Å². The van der Waals surface area contributed by atoms with Gasteiger partial charge < -0.3 is 14.7 Å². The Labute approximate surface area is 91.8 Å². The molecule has 0 unspecified atom stereocenters. The Balaban J connectivity index is 2.68. The van der Waals surface area contributed by atoms with Crippen molar-refractivity contribution in [3.05, 3.63) is 24.2 Å². The molecule has 15 heavy (non-hydrogen) atoms. The molecule has 3 nitrogen and oxygen atoms in total. The lowest BCUT2D eigenvalue weighted by atomic mass is 9.89. The third-order valence-corrected chi connectivity index (χ3v) is 2.92. The molecular formula is C11H18BNO2. The standard InChI is InChI=1S/C11H18BNO2/c1-9(8-13)6-7-12-14-10(2,3)11(4,5)15-12/h6-8,13H,1H2,2-5H3/b7-6+,13-8?. The maximum absolute atomic E-state index is 6.98. The monoisotopic (exact) mass is 207 g/mol. The summed E-state index contributed by atoms with van der Waals surface area (Å²) in [5, 5.41) is 6.98. The summed E-state index contributed by atoms with van der Waals surface area (Å²) < 4.78 is 11.5. The van der Waals surface area contributed by atoms with Gasteiger partial charge in [0.25, 0.3) is 0 Å². The van der Waals surface area contributed by atoms with Crippen molar-refractivity contribution in [2.75, 3.05) is 0 Å². The summed E-state index contributed by atoms with van der Waals surface area (Å²) in [6, 6.07) is 0. The molecule has 0 aromatic rings. The molecule has 0 aromatic carbocycles. The van der Waals surface area contributed by atoms with Gasteiger partial charge in [0.15, 0.2) is 0 Å². The molecule has 0 aliphatic carbocycles. The minimum Gasteiger partial charge on any atom is -0.400 e. The Bertz CT molecular complexity index is 292. The van der Waals surface area contributed by atoms with E-state index in [1.165, 1.54) is 6.21 Å². The molecular weight excluding hydrogens is 189 g/mol. The highest BCUT2D eigenvalue weighted by Gasteiger charge is 2.49. The summed E-state index contributed by atoms with van der Waals surface area (Å²) in [7, 11) is -0.355. The van der Waals surface area contributed by atoms with Gasteiger partial charge in [-0.25, -0.2) is 0 Å². The summed E-state index contributed by atoms with van der Waals surface area (Å²) >= 11 is 0. The summed E-state index contributed by atoms with van der Waals surface area (Å²) in [5.74, 6) is 1.78. The Morgan fingerprint density at radius 1 is 1.20 bits per heavy atom. The van der Waals surface area contributed by atoms with Gasteiger partial charge in [-0.1, -0.05) is 18.6 Å². The molecule has 1 rings (SSSR count). The van der Waals surface area contributed by atoms with Crippen molar-refractivity contribution in [3.63, 3.8) is 0 Å². The fourth-order valence-corrected chi connectivity index (χ4v) is 1.22. The normalized spacial score (nSPS) is 23.3. The third-order valence-electron chi connectivity index (χ3n) is 2.92. The third kappa shape index (κ3) is 2.58. The van der Waals surface area contributed by atoms with E-state index in [2.05, 4.69) is 6.58 Å². The molecule has 82 valence electrons. The Kier molecular flexibility index (Phi) is 3.21. The molecule has 0 saturated carbocycles. The van der Waals surface area contributed by atoms with Crippen LogP contribution in [0.3, 0.4) is 0 Å². The van der Waals surface area contributed by atoms with Crippen molar-refractivity contribution >= 4 is 13.3 Å². The molecule has 0 atom stereocenters. The van der Waals surface area contributed by atoms with Gasteiger partial charge >= 0.3 is 7.12 Å². The quantitative estimate of drug-likeness (QED) is 0.438. The SMILES string of the molecule is C=C(C=N)/C=C/B1OC(C)(C)C(C)(C)O1. The number of rotatable bonds is 3. The van der Waals surface area contributed by atoms with E-state index in [0.717, 1.165) is 0 Å². The van der Waals surface area contributed by atoms with Gasteiger partial charge in [0, 0.05) is 6.21 Å². The van der Waals surface area contributed by atoms with Gasteiger partial charge in [-0.3, -0.25) is 0 Å². The summed E-state index contributed by atoms with van der Waals surface area (Å²) in [6.45, 7) is 11.7. The van der Waals surface area contributed by atoms with Gasteiger partial charge in [0.05, 0.1) is 11.2 Å². The van der Waals surface area contributed by atoms with Crippen LogP contribution >= 0.6 is 0 Å². The van der Waals surface area contributed by atoms with Gasteiger partial charge in [0.2, 0.25) is 0 Å². The van der Waals surface area contributed by atoms with Crippen LogP contribution in [0.5, 0.6) is 0 Å². The summed E-state index contributed by atoms with van der Waals surface area (Å²) in [5.41, 5.74) is 0.00638. The zero-order valence-electron chi connectivity index (χ0n) is 9.83. The fourth-order valence-electron chi connectivity index (χ4n) is 1.22. The second-order valence-corrected chi connectivity index (χ2v) is 4.70. The highest BCUT2D eigenvalue weighted by molar-refractivity contribution is 6.51. The molecule has 1 aliphatic heterocycles. The Morgan fingerprint density at radius 2 is 1.67 bits per heavy atom. The number of hydrogen-bond acceptors (Lipinski definition) is 3. The van der Waals surface area contributed by atoms with Gasteiger partial charge in [-0.2, -0.15) is 0 Å². The van der Waals surface area contributed by atoms with E-state index in [1.54, 1.807) is 12.1 Å². The van der Waals surface area contributed by atoms with E-state index < -0.39 is 0 Å². The van der Waals surface area contributed by atoms with Crippen LogP contribution in [-0.4, -0.2) is 24.5 Å². The van der Waals surface area contributed by atoms with Crippen LogP contribution in [0.1, 0.15) is 27.7 Å². The molecule has 0 spiro atoms. The molecule has 1 saturated heterocycles. The molecule has 0 radical (unpaired) electrons. The lowest BCUT2D eigenvalue weighted by Gasteiger charge is -2.32. The van der Waals surface area contributed by atoms with Crippen molar-refractivity contribution in [3.8, 4) is 0 Å². The molecule has 0 bridgehead atoms. The first kappa shape index (κ1) is 12.2. The van der Waals surface area contributed by atoms with Crippen LogP contribution in [0.25, 0.3) is 0 Å². The number of hydrogen-bond donors (Lipinski definition) is 1. The highest BCUT2D eigenvalue weighted by atomic mass is 16.7. The van der Waals surface area contributed by atoms with Gasteiger partial charge in [-0.05, 0) is 33.3 Å². The van der Waals surface area contributed by atoms with Crippen molar-refractivity contribution in [1.29, 1.82) is 5.41 Å². The zero-order chi connectivity index (χ0) is 11.7. The topological polar surface area (TPSA) is 42.3 Å². The van der Waals surface area contributed by atoms with Crippen LogP contribution in [0.4, 0.5) is 0 Å². The van der Waals surface area contributed by atoms with Crippen LogP contribution < -0.4 is 0 Å². The lowest BCUT2D eigenvalue weighted by Crippen LogP contribution is -2.41. The maximum atomic E-state index is 6.98. The van der Waals surface area contributed by atoms with Gasteiger partial charge in [0.1, 0.15) is 0 Å². The van der Waals surface area contributed by atoms with Crippen LogP contribution in [-0.2, 0) is 9.31 Å². The predicted molar refractivity (Wildman–Crippen MR) is 63.1 cm³/mol. The molecule has 0 amide bonds. The second kappa shape index (κ2) is 3.95.